The van der Waals surface area contributed by atoms with Gasteiger partial charge < -0.3 is 10.1 Å². The Morgan fingerprint density at radius 1 is 1.47 bits per heavy atom. The molecule has 0 bridgehead atoms. The lowest BCUT2D eigenvalue weighted by Gasteiger charge is -2.26. The summed E-state index contributed by atoms with van der Waals surface area (Å²) in [6.07, 6.45) is 3.13. The third kappa shape index (κ3) is 3.54. The highest BCUT2D eigenvalue weighted by atomic mass is 32.2. The highest BCUT2D eigenvalue weighted by Gasteiger charge is 2.28. The number of rotatable bonds is 3. The molecular weight excluding hydrogens is 270 g/mol. The number of hydrogen-bond donors (Lipinski definition) is 2. The van der Waals surface area contributed by atoms with Gasteiger partial charge in [-0.15, -0.1) is 4.40 Å². The molecule has 0 atom stereocenters. The Morgan fingerprint density at radius 2 is 2.16 bits per heavy atom. The fourth-order valence-electron chi connectivity index (χ4n) is 2.14. The van der Waals surface area contributed by atoms with Crippen molar-refractivity contribution in [1.82, 2.24) is 10.0 Å². The van der Waals surface area contributed by atoms with Crippen LogP contribution in [-0.4, -0.2) is 39.8 Å². The van der Waals surface area contributed by atoms with E-state index in [4.69, 9.17) is 4.74 Å². The van der Waals surface area contributed by atoms with Crippen molar-refractivity contribution in [2.75, 3.05) is 19.7 Å². The maximum Gasteiger partial charge on any atom is 0.357 e. The van der Waals surface area contributed by atoms with Crippen LogP contribution in [0.4, 0.5) is 0 Å². The Bertz CT molecular complexity index is 518. The van der Waals surface area contributed by atoms with Crippen molar-refractivity contribution in [1.29, 1.82) is 0 Å². The average Bonchev–Trinajstić information content (AvgIpc) is 2.38. The van der Waals surface area contributed by atoms with Crippen LogP contribution in [0.3, 0.4) is 0 Å². The Hall–Kier alpha value is -1.41. The van der Waals surface area contributed by atoms with Gasteiger partial charge in [0, 0.05) is 11.6 Å². The molecule has 0 spiro atoms. The summed E-state index contributed by atoms with van der Waals surface area (Å²) in [4.78, 5) is 11.6. The minimum absolute atomic E-state index is 0.0935. The number of hydrogen-bond acceptors (Lipinski definition) is 5. The first-order chi connectivity index (χ1) is 9.02. The van der Waals surface area contributed by atoms with Crippen molar-refractivity contribution < 1.29 is 17.9 Å². The lowest BCUT2D eigenvalue weighted by molar-refractivity contribution is -0.134. The minimum atomic E-state index is -3.85. The number of carbonyl (C=O) groups is 1. The van der Waals surface area contributed by atoms with Crippen LogP contribution in [0.25, 0.3) is 0 Å². The second-order valence-corrected chi connectivity index (χ2v) is 5.73. The van der Waals surface area contributed by atoms with Crippen LogP contribution >= 0.6 is 0 Å². The van der Waals surface area contributed by atoms with Crippen LogP contribution in [0.1, 0.15) is 19.8 Å². The molecule has 0 aromatic heterocycles. The van der Waals surface area contributed by atoms with Gasteiger partial charge in [-0.1, -0.05) is 0 Å². The topological polar surface area (TPSA) is 96.9 Å². The maximum atomic E-state index is 11.7. The number of ether oxygens (including phenoxy) is 1. The summed E-state index contributed by atoms with van der Waals surface area (Å²) in [7, 11) is -3.85. The first-order valence-corrected chi connectivity index (χ1v) is 7.68. The first-order valence-electron chi connectivity index (χ1n) is 6.24. The molecule has 2 N–H and O–H groups in total. The molecule has 1 fully saturated rings. The van der Waals surface area contributed by atoms with Crippen molar-refractivity contribution in [2.45, 2.75) is 19.8 Å². The van der Waals surface area contributed by atoms with Gasteiger partial charge in [-0.05, 0) is 38.9 Å². The lowest BCUT2D eigenvalue weighted by Crippen LogP contribution is -2.37. The van der Waals surface area contributed by atoms with Gasteiger partial charge in [0.1, 0.15) is 0 Å². The average molecular weight is 287 g/mol. The number of piperidine rings is 1. The summed E-state index contributed by atoms with van der Waals surface area (Å²) in [6.45, 7) is 3.50. The van der Waals surface area contributed by atoms with Gasteiger partial charge in [-0.25, -0.2) is 4.79 Å². The van der Waals surface area contributed by atoms with Gasteiger partial charge >= 0.3 is 16.2 Å². The summed E-state index contributed by atoms with van der Waals surface area (Å²) in [5, 5.41) is 3.20. The van der Waals surface area contributed by atoms with Crippen LogP contribution in [0, 0.1) is 5.92 Å². The van der Waals surface area contributed by atoms with Crippen molar-refractivity contribution in [3.63, 3.8) is 0 Å². The number of nitrogens with one attached hydrogen (secondary N) is 2. The van der Waals surface area contributed by atoms with E-state index in [0.717, 1.165) is 25.9 Å². The normalized spacial score (nSPS) is 23.0. The highest BCUT2D eigenvalue weighted by Crippen LogP contribution is 2.22. The second-order valence-electron chi connectivity index (χ2n) is 4.40. The highest BCUT2D eigenvalue weighted by molar-refractivity contribution is 7.88. The molecule has 19 heavy (non-hydrogen) atoms. The fraction of sp³-hybridized carbons (Fsp3) is 0.636. The van der Waals surface area contributed by atoms with E-state index in [1.54, 1.807) is 6.92 Å². The van der Waals surface area contributed by atoms with Crippen LogP contribution in [0.5, 0.6) is 0 Å². The summed E-state index contributed by atoms with van der Waals surface area (Å²) in [5.41, 5.74) is 0.369. The predicted octanol–water partition coefficient (Wildman–Crippen LogP) is -0.278. The van der Waals surface area contributed by atoms with Gasteiger partial charge in [-0.3, -0.25) is 4.72 Å². The molecule has 0 aromatic rings. The fourth-order valence-corrected chi connectivity index (χ4v) is 3.09. The summed E-state index contributed by atoms with van der Waals surface area (Å²) >= 11 is 0. The quantitative estimate of drug-likeness (QED) is 0.696. The molecule has 2 heterocycles. The Balaban J connectivity index is 2.24. The SMILES string of the molecule is CCOC(=O)C1=NS(=O)(=O)NC(C2CCNCC2)=C1. The molecule has 0 radical (unpaired) electrons. The number of carbonyl (C=O) groups excluding carboxylic acids is 1. The molecule has 106 valence electrons. The standard InChI is InChI=1S/C11H17N3O4S/c1-2-18-11(15)10-7-9(13-19(16,17)14-10)8-3-5-12-6-4-8/h7-8,12-13H,2-6H2,1H3. The van der Waals surface area contributed by atoms with Crippen LogP contribution in [0.2, 0.25) is 0 Å². The smallest absolute Gasteiger partial charge is 0.357 e. The number of allylic oxidation sites excluding steroid dienone is 1. The Morgan fingerprint density at radius 3 is 2.79 bits per heavy atom. The molecule has 1 saturated heterocycles. The van der Waals surface area contributed by atoms with Gasteiger partial charge in [0.15, 0.2) is 5.71 Å². The zero-order valence-corrected chi connectivity index (χ0v) is 11.5. The largest absolute Gasteiger partial charge is 0.461 e. The van der Waals surface area contributed by atoms with Crippen LogP contribution in [-0.2, 0) is 19.7 Å². The third-order valence-corrected chi connectivity index (χ3v) is 3.95. The molecule has 7 nitrogen and oxygen atoms in total. The van der Waals surface area contributed by atoms with Crippen molar-refractivity contribution >= 4 is 21.9 Å². The van der Waals surface area contributed by atoms with E-state index in [2.05, 4.69) is 14.4 Å². The van der Waals surface area contributed by atoms with Crippen LogP contribution < -0.4 is 10.0 Å². The Labute approximate surface area is 112 Å². The number of nitrogens with zero attached hydrogens (tertiary/aromatic N) is 1. The molecule has 0 amide bonds. The van der Waals surface area contributed by atoms with Crippen molar-refractivity contribution in [3.8, 4) is 0 Å². The van der Waals surface area contributed by atoms with Crippen LogP contribution in [0.15, 0.2) is 16.2 Å². The van der Waals surface area contributed by atoms with Gasteiger partial charge in [0.2, 0.25) is 0 Å². The Kier molecular flexibility index (Phi) is 4.20. The van der Waals surface area contributed by atoms with E-state index in [0.29, 0.717) is 5.70 Å². The van der Waals surface area contributed by atoms with E-state index in [9.17, 15) is 13.2 Å². The van der Waals surface area contributed by atoms with E-state index >= 15 is 0 Å². The van der Waals surface area contributed by atoms with E-state index in [1.807, 2.05) is 0 Å². The summed E-state index contributed by atoms with van der Waals surface area (Å²) < 4.78 is 33.9. The van der Waals surface area contributed by atoms with Crippen molar-refractivity contribution in [3.05, 3.63) is 11.8 Å². The molecule has 2 rings (SSSR count). The third-order valence-electron chi connectivity index (χ3n) is 3.02. The molecule has 0 aliphatic carbocycles. The molecule has 0 unspecified atom stereocenters. The van der Waals surface area contributed by atoms with Gasteiger partial charge in [-0.2, -0.15) is 8.42 Å². The lowest BCUT2D eigenvalue weighted by atomic mass is 9.94. The zero-order valence-electron chi connectivity index (χ0n) is 10.7. The van der Waals surface area contributed by atoms with Crippen molar-refractivity contribution in [2.24, 2.45) is 10.3 Å². The second kappa shape index (κ2) is 5.70. The zero-order chi connectivity index (χ0) is 13.9. The molecule has 2 aliphatic rings. The number of esters is 1. The van der Waals surface area contributed by atoms with E-state index in [-0.39, 0.29) is 18.2 Å². The summed E-state index contributed by atoms with van der Waals surface area (Å²) in [5.74, 6) is -0.616. The maximum absolute atomic E-state index is 11.7. The molecule has 2 aliphatic heterocycles. The molecular formula is C11H17N3O4S. The minimum Gasteiger partial charge on any atom is -0.461 e. The molecule has 0 aromatic carbocycles. The molecule has 0 saturated carbocycles. The summed E-state index contributed by atoms with van der Waals surface area (Å²) in [6, 6.07) is 0. The van der Waals surface area contributed by atoms with Gasteiger partial charge in [0.05, 0.1) is 6.61 Å². The van der Waals surface area contributed by atoms with E-state index < -0.39 is 16.2 Å². The van der Waals surface area contributed by atoms with Gasteiger partial charge in [0.25, 0.3) is 0 Å². The van der Waals surface area contributed by atoms with E-state index in [1.165, 1.54) is 6.08 Å². The molecule has 8 heteroatoms. The monoisotopic (exact) mass is 287 g/mol. The predicted molar refractivity (Wildman–Crippen MR) is 69.8 cm³/mol. The first kappa shape index (κ1) is 14.0.